The van der Waals surface area contributed by atoms with E-state index in [-0.39, 0.29) is 24.5 Å². The minimum Gasteiger partial charge on any atom is -0.390 e. The molecular formula is C8H16IN2O3P. The first kappa shape index (κ1) is 13.7. The van der Waals surface area contributed by atoms with Crippen molar-refractivity contribution in [1.29, 1.82) is 5.41 Å². The van der Waals surface area contributed by atoms with E-state index in [1.165, 1.54) is 0 Å². The maximum Gasteiger partial charge on any atom is 0.119 e. The SMILES string of the molecule is N=C1CC(C(O)COI)C(CP)[C@@H]1ON. The summed E-state index contributed by atoms with van der Waals surface area (Å²) >= 11 is 1.75. The van der Waals surface area contributed by atoms with E-state index in [2.05, 4.69) is 9.24 Å². The van der Waals surface area contributed by atoms with Crippen LogP contribution in [0.3, 0.4) is 0 Å². The Morgan fingerprint density at radius 3 is 2.87 bits per heavy atom. The molecule has 1 fully saturated rings. The second-order valence-electron chi connectivity index (χ2n) is 3.69. The standard InChI is InChI=1S/C8H16IN2O3P/c9-13-2-7(12)4-1-6(10)8(14-11)5(4)3-15/h4-5,7-8,10,12H,1-3,11,15H2/t4?,5?,7?,8-/m0/s1. The lowest BCUT2D eigenvalue weighted by Crippen LogP contribution is -2.35. The fraction of sp³-hybridized carbons (Fsp3) is 0.875. The minimum atomic E-state index is -0.562. The van der Waals surface area contributed by atoms with E-state index in [0.29, 0.717) is 12.1 Å². The fourth-order valence-electron chi connectivity index (χ4n) is 2.10. The van der Waals surface area contributed by atoms with Crippen LogP contribution in [0.25, 0.3) is 0 Å². The normalized spacial score (nSPS) is 33.3. The summed E-state index contributed by atoms with van der Waals surface area (Å²) in [4.78, 5) is 4.79. The van der Waals surface area contributed by atoms with Crippen molar-refractivity contribution in [2.45, 2.75) is 18.6 Å². The molecule has 5 atom stereocenters. The van der Waals surface area contributed by atoms with Crippen LogP contribution in [0.2, 0.25) is 0 Å². The van der Waals surface area contributed by atoms with Crippen LogP contribution in [0, 0.1) is 17.2 Å². The zero-order chi connectivity index (χ0) is 11.4. The van der Waals surface area contributed by atoms with E-state index in [1.807, 2.05) is 0 Å². The minimum absolute atomic E-state index is 0.00156. The van der Waals surface area contributed by atoms with Crippen molar-refractivity contribution in [3.8, 4) is 0 Å². The quantitative estimate of drug-likeness (QED) is 0.384. The number of hydrogen-bond acceptors (Lipinski definition) is 5. The molecule has 0 aromatic rings. The molecule has 1 rings (SSSR count). The molecule has 88 valence electrons. The van der Waals surface area contributed by atoms with Gasteiger partial charge in [-0.1, -0.05) is 0 Å². The Kier molecular flexibility index (Phi) is 5.87. The molecule has 0 bridgehead atoms. The predicted octanol–water partition coefficient (Wildman–Crippen LogP) is 0.504. The topological polar surface area (TPSA) is 88.6 Å². The number of aliphatic hydroxyl groups is 1. The molecule has 0 radical (unpaired) electrons. The number of hydrogen-bond donors (Lipinski definition) is 3. The molecule has 0 amide bonds. The Balaban J connectivity index is 2.69. The van der Waals surface area contributed by atoms with Gasteiger partial charge in [0.15, 0.2) is 0 Å². The highest BCUT2D eigenvalue weighted by atomic mass is 127. The van der Waals surface area contributed by atoms with Gasteiger partial charge in [0, 0.05) is 11.6 Å². The van der Waals surface area contributed by atoms with Crippen LogP contribution in [0.5, 0.6) is 0 Å². The van der Waals surface area contributed by atoms with Crippen molar-refractivity contribution < 1.29 is 13.0 Å². The Bertz CT molecular complexity index is 232. The number of halogens is 1. The zero-order valence-electron chi connectivity index (χ0n) is 8.23. The lowest BCUT2D eigenvalue weighted by atomic mass is 9.91. The van der Waals surface area contributed by atoms with Crippen molar-refractivity contribution in [1.82, 2.24) is 0 Å². The number of aliphatic hydroxyl groups excluding tert-OH is 1. The van der Waals surface area contributed by atoms with Gasteiger partial charge in [0.25, 0.3) is 0 Å². The summed E-state index contributed by atoms with van der Waals surface area (Å²) in [5.41, 5.74) is 0.461. The van der Waals surface area contributed by atoms with Crippen molar-refractivity contribution in [3.63, 3.8) is 0 Å². The van der Waals surface area contributed by atoms with Crippen LogP contribution in [-0.2, 0) is 7.90 Å². The molecule has 0 aromatic carbocycles. The van der Waals surface area contributed by atoms with Gasteiger partial charge in [-0.15, -0.1) is 9.24 Å². The first-order valence-electron chi connectivity index (χ1n) is 4.70. The van der Waals surface area contributed by atoms with Crippen LogP contribution in [0.1, 0.15) is 6.42 Å². The number of nitrogens with two attached hydrogens (primary N) is 1. The molecule has 0 heterocycles. The van der Waals surface area contributed by atoms with Gasteiger partial charge in [-0.25, -0.2) is 5.90 Å². The third kappa shape index (κ3) is 3.08. The highest BCUT2D eigenvalue weighted by Crippen LogP contribution is 2.35. The Morgan fingerprint density at radius 1 is 1.73 bits per heavy atom. The van der Waals surface area contributed by atoms with Crippen LogP contribution < -0.4 is 5.90 Å². The van der Waals surface area contributed by atoms with Crippen LogP contribution >= 0.6 is 32.2 Å². The molecule has 1 aliphatic carbocycles. The van der Waals surface area contributed by atoms with Crippen molar-refractivity contribution in [3.05, 3.63) is 0 Å². The molecule has 0 aliphatic heterocycles. The highest BCUT2D eigenvalue weighted by Gasteiger charge is 2.43. The van der Waals surface area contributed by atoms with Gasteiger partial charge >= 0.3 is 0 Å². The lowest BCUT2D eigenvalue weighted by Gasteiger charge is -2.24. The van der Waals surface area contributed by atoms with Gasteiger partial charge in [-0.05, 0) is 18.5 Å². The molecule has 0 saturated heterocycles. The van der Waals surface area contributed by atoms with Gasteiger partial charge < -0.3 is 13.6 Å². The molecular weight excluding hydrogens is 330 g/mol. The van der Waals surface area contributed by atoms with Crippen LogP contribution in [-0.4, -0.2) is 35.8 Å². The summed E-state index contributed by atoms with van der Waals surface area (Å²) in [7, 11) is 2.61. The molecule has 5 nitrogen and oxygen atoms in total. The van der Waals surface area contributed by atoms with Gasteiger partial charge in [-0.3, -0.25) is 4.84 Å². The molecule has 7 heteroatoms. The van der Waals surface area contributed by atoms with E-state index < -0.39 is 6.10 Å². The number of rotatable bonds is 5. The second-order valence-corrected chi connectivity index (χ2v) is 4.79. The smallest absolute Gasteiger partial charge is 0.119 e. The maximum absolute atomic E-state index is 9.85. The van der Waals surface area contributed by atoms with Gasteiger partial charge in [0.05, 0.1) is 12.7 Å². The summed E-state index contributed by atoms with van der Waals surface area (Å²) in [5, 5.41) is 17.6. The fourth-order valence-corrected chi connectivity index (χ4v) is 3.06. The lowest BCUT2D eigenvalue weighted by molar-refractivity contribution is 0.0133. The largest absolute Gasteiger partial charge is 0.390 e. The average molecular weight is 346 g/mol. The summed E-state index contributed by atoms with van der Waals surface area (Å²) in [6.45, 7) is 0.275. The van der Waals surface area contributed by atoms with E-state index in [0.717, 1.165) is 6.16 Å². The third-order valence-electron chi connectivity index (χ3n) is 2.88. The maximum atomic E-state index is 9.85. The monoisotopic (exact) mass is 346 g/mol. The van der Waals surface area contributed by atoms with E-state index in [1.54, 1.807) is 23.0 Å². The zero-order valence-corrected chi connectivity index (χ0v) is 11.5. The van der Waals surface area contributed by atoms with Crippen LogP contribution in [0.15, 0.2) is 0 Å². The Labute approximate surface area is 105 Å². The van der Waals surface area contributed by atoms with Crippen molar-refractivity contribution >= 4 is 38.0 Å². The van der Waals surface area contributed by atoms with Crippen molar-refractivity contribution in [2.75, 3.05) is 12.8 Å². The summed E-state index contributed by atoms with van der Waals surface area (Å²) < 4.78 is 4.88. The number of nitrogens with one attached hydrogen (secondary N) is 1. The molecule has 4 unspecified atom stereocenters. The average Bonchev–Trinajstić information content (AvgIpc) is 2.54. The molecule has 0 aromatic heterocycles. The molecule has 1 saturated carbocycles. The molecule has 0 spiro atoms. The van der Waals surface area contributed by atoms with Crippen molar-refractivity contribution in [2.24, 2.45) is 17.7 Å². The van der Waals surface area contributed by atoms with E-state index >= 15 is 0 Å². The van der Waals surface area contributed by atoms with Crippen LogP contribution in [0.4, 0.5) is 0 Å². The predicted molar refractivity (Wildman–Crippen MR) is 68.9 cm³/mol. The Morgan fingerprint density at radius 2 is 2.40 bits per heavy atom. The molecule has 1 aliphatic rings. The first-order valence-corrected chi connectivity index (χ1v) is 6.40. The van der Waals surface area contributed by atoms with Gasteiger partial charge in [0.1, 0.15) is 29.1 Å². The highest BCUT2D eigenvalue weighted by molar-refractivity contribution is 14.1. The summed E-state index contributed by atoms with van der Waals surface area (Å²) in [6.07, 6.45) is 0.360. The summed E-state index contributed by atoms with van der Waals surface area (Å²) in [6, 6.07) is 0. The molecule has 4 N–H and O–H groups in total. The van der Waals surface area contributed by atoms with Gasteiger partial charge in [-0.2, -0.15) is 0 Å². The second kappa shape index (κ2) is 6.42. The van der Waals surface area contributed by atoms with E-state index in [4.69, 9.17) is 19.2 Å². The van der Waals surface area contributed by atoms with E-state index in [9.17, 15) is 5.11 Å². The Hall–Kier alpha value is 0.670. The summed E-state index contributed by atoms with van der Waals surface area (Å²) in [5.74, 6) is 5.24. The molecule has 15 heavy (non-hydrogen) atoms. The third-order valence-corrected chi connectivity index (χ3v) is 3.79. The van der Waals surface area contributed by atoms with Gasteiger partial charge in [0.2, 0.25) is 0 Å². The first-order chi connectivity index (χ1) is 7.15.